The Balaban J connectivity index is 3.75. The summed E-state index contributed by atoms with van der Waals surface area (Å²) in [5.74, 6) is -0.590. The molecule has 0 aliphatic carbocycles. The molecular weight excluding hydrogens is 133 g/mol. The lowest BCUT2D eigenvalue weighted by Gasteiger charge is -1.96. The quantitative estimate of drug-likeness (QED) is 0.534. The first-order chi connectivity index (χ1) is 3.42. The average Bonchev–Trinajstić information content (AvgIpc) is 1.21. The van der Waals surface area contributed by atoms with Crippen molar-refractivity contribution < 1.29 is 12.3 Å². The van der Waals surface area contributed by atoms with Crippen molar-refractivity contribution in [3.63, 3.8) is 0 Å². The molecule has 8 heavy (non-hydrogen) atoms. The third kappa shape index (κ3) is 5.84. The van der Waals surface area contributed by atoms with E-state index in [1.807, 2.05) is 0 Å². The van der Waals surface area contributed by atoms with Crippen LogP contribution in [0.1, 0.15) is 6.92 Å². The van der Waals surface area contributed by atoms with Crippen LogP contribution >= 0.6 is 0 Å². The zero-order valence-corrected chi connectivity index (χ0v) is 5.28. The van der Waals surface area contributed by atoms with Crippen molar-refractivity contribution in [3.05, 3.63) is 0 Å². The number of hydrogen-bond acceptors (Lipinski definition) is 3. The normalized spacial score (nSPS) is 15.9. The van der Waals surface area contributed by atoms with Gasteiger partial charge in [0.1, 0.15) is 0 Å². The molecule has 0 radical (unpaired) electrons. The minimum absolute atomic E-state index is 0.590. The standard InChI is InChI=1S/C3H8FNO2S/c1-3(5)2-8(4,6)7/h3H,2,5H2,1H3. The highest BCUT2D eigenvalue weighted by Crippen LogP contribution is 1.91. The fourth-order valence-electron chi connectivity index (χ4n) is 0.314. The highest BCUT2D eigenvalue weighted by Gasteiger charge is 2.08. The SMILES string of the molecule is CC(N)CS(=O)(=O)F. The Bertz CT molecular complexity index is 151. The highest BCUT2D eigenvalue weighted by atomic mass is 32.3. The maximum atomic E-state index is 11.5. The van der Waals surface area contributed by atoms with Crippen LogP contribution in [0, 0.1) is 0 Å². The van der Waals surface area contributed by atoms with Crippen molar-refractivity contribution in [3.8, 4) is 0 Å². The van der Waals surface area contributed by atoms with Crippen molar-refractivity contribution in [2.24, 2.45) is 5.73 Å². The Morgan fingerprint density at radius 2 is 2.12 bits per heavy atom. The largest absolute Gasteiger partial charge is 0.327 e. The van der Waals surface area contributed by atoms with Gasteiger partial charge in [-0.05, 0) is 6.92 Å². The second-order valence-corrected chi connectivity index (χ2v) is 3.09. The van der Waals surface area contributed by atoms with Crippen LogP contribution in [0.2, 0.25) is 0 Å². The summed E-state index contributed by atoms with van der Waals surface area (Å²) in [4.78, 5) is 0. The van der Waals surface area contributed by atoms with Crippen LogP contribution < -0.4 is 5.73 Å². The molecule has 2 N–H and O–H groups in total. The number of rotatable bonds is 2. The Hall–Kier alpha value is -0.160. The minimum atomic E-state index is -4.35. The second kappa shape index (κ2) is 2.41. The third-order valence-electron chi connectivity index (χ3n) is 0.462. The molecule has 0 aliphatic rings. The van der Waals surface area contributed by atoms with Gasteiger partial charge in [0.2, 0.25) is 0 Å². The molecule has 0 heterocycles. The summed E-state index contributed by atoms with van der Waals surface area (Å²) in [5.41, 5.74) is 4.96. The van der Waals surface area contributed by atoms with Crippen LogP contribution in [0.15, 0.2) is 0 Å². The molecule has 0 fully saturated rings. The van der Waals surface area contributed by atoms with Gasteiger partial charge >= 0.3 is 10.2 Å². The molecule has 0 aliphatic heterocycles. The number of hydrogen-bond donors (Lipinski definition) is 1. The van der Waals surface area contributed by atoms with Gasteiger partial charge in [-0.3, -0.25) is 0 Å². The molecule has 0 spiro atoms. The summed E-state index contributed by atoms with van der Waals surface area (Å²) >= 11 is 0. The summed E-state index contributed by atoms with van der Waals surface area (Å²) in [6.07, 6.45) is 0. The van der Waals surface area contributed by atoms with Crippen molar-refractivity contribution in [2.45, 2.75) is 13.0 Å². The Kier molecular flexibility index (Phi) is 2.36. The first-order valence-corrected chi connectivity index (χ1v) is 3.65. The van der Waals surface area contributed by atoms with E-state index in [1.54, 1.807) is 0 Å². The fourth-order valence-corrected chi connectivity index (χ4v) is 0.942. The van der Waals surface area contributed by atoms with Crippen LogP contribution in [0.5, 0.6) is 0 Å². The van der Waals surface area contributed by atoms with Gasteiger partial charge in [0, 0.05) is 6.04 Å². The van der Waals surface area contributed by atoms with E-state index in [-0.39, 0.29) is 0 Å². The van der Waals surface area contributed by atoms with Gasteiger partial charge in [-0.25, -0.2) is 0 Å². The molecule has 5 heteroatoms. The lowest BCUT2D eigenvalue weighted by molar-refractivity contribution is 0.546. The third-order valence-corrected chi connectivity index (χ3v) is 1.39. The van der Waals surface area contributed by atoms with Gasteiger partial charge in [-0.2, -0.15) is 8.42 Å². The molecule has 0 saturated heterocycles. The molecule has 0 bridgehead atoms. The summed E-state index contributed by atoms with van der Waals surface area (Å²) < 4.78 is 30.9. The first-order valence-electron chi connectivity index (χ1n) is 2.10. The van der Waals surface area contributed by atoms with Gasteiger partial charge in [-0.15, -0.1) is 3.89 Å². The van der Waals surface area contributed by atoms with E-state index >= 15 is 0 Å². The molecule has 1 unspecified atom stereocenters. The van der Waals surface area contributed by atoms with Crippen molar-refractivity contribution in [1.29, 1.82) is 0 Å². The van der Waals surface area contributed by atoms with E-state index in [9.17, 15) is 12.3 Å². The summed E-state index contributed by atoms with van der Waals surface area (Å²) in [7, 11) is -4.35. The van der Waals surface area contributed by atoms with Crippen LogP contribution in [0.4, 0.5) is 3.89 Å². The maximum Gasteiger partial charge on any atom is 0.303 e. The zero-order chi connectivity index (χ0) is 6.78. The number of halogens is 1. The van der Waals surface area contributed by atoms with E-state index in [1.165, 1.54) is 6.92 Å². The monoisotopic (exact) mass is 141 g/mol. The molecular formula is C3H8FNO2S. The molecule has 3 nitrogen and oxygen atoms in total. The second-order valence-electron chi connectivity index (χ2n) is 1.68. The van der Waals surface area contributed by atoms with Crippen molar-refractivity contribution in [2.75, 3.05) is 5.75 Å². The van der Waals surface area contributed by atoms with E-state index in [4.69, 9.17) is 5.73 Å². The van der Waals surface area contributed by atoms with Gasteiger partial charge in [0.05, 0.1) is 5.75 Å². The van der Waals surface area contributed by atoms with E-state index in [0.29, 0.717) is 0 Å². The first kappa shape index (κ1) is 7.84. The lowest BCUT2D eigenvalue weighted by atomic mass is 10.4. The Morgan fingerprint density at radius 1 is 1.75 bits per heavy atom. The van der Waals surface area contributed by atoms with E-state index in [2.05, 4.69) is 0 Å². The summed E-state index contributed by atoms with van der Waals surface area (Å²) in [6, 6.07) is -0.620. The average molecular weight is 141 g/mol. The van der Waals surface area contributed by atoms with Crippen LogP contribution in [0.3, 0.4) is 0 Å². The molecule has 50 valence electrons. The molecule has 0 aromatic heterocycles. The van der Waals surface area contributed by atoms with Gasteiger partial charge in [-0.1, -0.05) is 0 Å². The fraction of sp³-hybridized carbons (Fsp3) is 1.00. The Morgan fingerprint density at radius 3 is 2.12 bits per heavy atom. The van der Waals surface area contributed by atoms with Gasteiger partial charge in [0.25, 0.3) is 0 Å². The smallest absolute Gasteiger partial charge is 0.303 e. The highest BCUT2D eigenvalue weighted by molar-refractivity contribution is 7.86. The van der Waals surface area contributed by atoms with Crippen LogP contribution in [-0.2, 0) is 10.2 Å². The molecule has 0 aromatic rings. The van der Waals surface area contributed by atoms with Gasteiger partial charge < -0.3 is 5.73 Å². The molecule has 0 aromatic carbocycles. The topological polar surface area (TPSA) is 60.2 Å². The predicted molar refractivity (Wildman–Crippen MR) is 28.5 cm³/mol. The lowest BCUT2D eigenvalue weighted by Crippen LogP contribution is -2.23. The molecule has 0 rings (SSSR count). The van der Waals surface area contributed by atoms with Gasteiger partial charge in [0.15, 0.2) is 0 Å². The van der Waals surface area contributed by atoms with Crippen LogP contribution in [-0.4, -0.2) is 20.2 Å². The predicted octanol–water partition coefficient (Wildman–Crippen LogP) is -0.367. The molecule has 0 saturated carbocycles. The van der Waals surface area contributed by atoms with E-state index in [0.717, 1.165) is 0 Å². The van der Waals surface area contributed by atoms with Crippen molar-refractivity contribution >= 4 is 10.2 Å². The van der Waals surface area contributed by atoms with E-state index < -0.39 is 22.0 Å². The van der Waals surface area contributed by atoms with Crippen molar-refractivity contribution in [1.82, 2.24) is 0 Å². The minimum Gasteiger partial charge on any atom is -0.327 e. The zero-order valence-electron chi connectivity index (χ0n) is 4.46. The Labute approximate surface area is 47.9 Å². The van der Waals surface area contributed by atoms with Crippen LogP contribution in [0.25, 0.3) is 0 Å². The molecule has 1 atom stereocenters. The molecule has 0 amide bonds. The maximum absolute atomic E-state index is 11.5. The number of nitrogens with two attached hydrogens (primary N) is 1. The summed E-state index contributed by atoms with van der Waals surface area (Å²) in [6.45, 7) is 1.43. The summed E-state index contributed by atoms with van der Waals surface area (Å²) in [5, 5.41) is 0.